The van der Waals surface area contributed by atoms with Crippen LogP contribution in [0.3, 0.4) is 0 Å². The first-order valence-electron chi connectivity index (χ1n) is 7.22. The molecule has 0 aromatic carbocycles. The summed E-state index contributed by atoms with van der Waals surface area (Å²) in [6, 6.07) is 2.55. The minimum Gasteiger partial charge on any atom is -0.457 e. The maximum atomic E-state index is 5.40. The highest BCUT2D eigenvalue weighted by Gasteiger charge is 2.29. The second-order valence-corrected chi connectivity index (χ2v) is 6.09. The highest BCUT2D eigenvalue weighted by Crippen LogP contribution is 2.40. The third-order valence-electron chi connectivity index (χ3n) is 4.35. The van der Waals surface area contributed by atoms with Crippen LogP contribution in [0.1, 0.15) is 57.6 Å². The Morgan fingerprint density at radius 3 is 2.56 bits per heavy atom. The molecule has 0 saturated heterocycles. The summed E-state index contributed by atoms with van der Waals surface area (Å²) in [4.78, 5) is 0. The maximum Gasteiger partial charge on any atom is 0.173 e. The van der Waals surface area contributed by atoms with E-state index in [4.69, 9.17) is 4.42 Å². The highest BCUT2D eigenvalue weighted by atomic mass is 79.9. The van der Waals surface area contributed by atoms with Gasteiger partial charge < -0.3 is 9.73 Å². The summed E-state index contributed by atoms with van der Waals surface area (Å²) in [5.74, 6) is 1.71. The molecular formula is C15H24BrNO. The van der Waals surface area contributed by atoms with Gasteiger partial charge in [-0.2, -0.15) is 0 Å². The zero-order valence-corrected chi connectivity index (χ0v) is 13.0. The van der Waals surface area contributed by atoms with Crippen LogP contribution in [0, 0.1) is 11.8 Å². The van der Waals surface area contributed by atoms with Crippen molar-refractivity contribution in [2.75, 3.05) is 6.54 Å². The van der Waals surface area contributed by atoms with E-state index >= 15 is 0 Å². The lowest BCUT2D eigenvalue weighted by Crippen LogP contribution is -2.31. The summed E-state index contributed by atoms with van der Waals surface area (Å²) in [7, 11) is 0. The average Bonchev–Trinajstić information content (AvgIpc) is 2.82. The molecule has 0 aliphatic heterocycles. The topological polar surface area (TPSA) is 25.2 Å². The van der Waals surface area contributed by atoms with Gasteiger partial charge in [-0.05, 0) is 53.2 Å². The van der Waals surface area contributed by atoms with E-state index in [1.807, 2.05) is 0 Å². The van der Waals surface area contributed by atoms with Crippen molar-refractivity contribution in [2.24, 2.45) is 11.8 Å². The Morgan fingerprint density at radius 2 is 2.06 bits per heavy atom. The number of nitrogens with one attached hydrogen (secondary N) is 1. The average molecular weight is 314 g/mol. The van der Waals surface area contributed by atoms with Crippen molar-refractivity contribution in [3.8, 4) is 0 Å². The van der Waals surface area contributed by atoms with E-state index in [-0.39, 0.29) is 0 Å². The van der Waals surface area contributed by atoms with E-state index in [1.165, 1.54) is 37.7 Å². The van der Waals surface area contributed by atoms with Crippen molar-refractivity contribution in [1.29, 1.82) is 0 Å². The number of rotatable bonds is 5. The number of hydrogen-bond acceptors (Lipinski definition) is 2. The van der Waals surface area contributed by atoms with Gasteiger partial charge in [-0.3, -0.25) is 0 Å². The SMILES string of the molecule is CCNC(c1ccoc1Br)C1CCC(CC)CC1. The molecule has 2 rings (SSSR count). The molecule has 1 fully saturated rings. The standard InChI is InChI=1S/C15H24BrNO/c1-3-11-5-7-12(8-6-11)14(17-4-2)13-9-10-18-15(13)16/h9-12,14,17H,3-8H2,1-2H3. The first kappa shape index (κ1) is 14.1. The molecule has 1 aromatic rings. The van der Waals surface area contributed by atoms with Crippen LogP contribution in [-0.2, 0) is 0 Å². The maximum absolute atomic E-state index is 5.40. The van der Waals surface area contributed by atoms with Crippen LogP contribution in [0.5, 0.6) is 0 Å². The molecule has 102 valence electrons. The van der Waals surface area contributed by atoms with Gasteiger partial charge in [-0.1, -0.05) is 33.1 Å². The minimum absolute atomic E-state index is 0.445. The fourth-order valence-electron chi connectivity index (χ4n) is 3.21. The number of halogens is 1. The van der Waals surface area contributed by atoms with E-state index in [0.29, 0.717) is 6.04 Å². The van der Waals surface area contributed by atoms with E-state index in [2.05, 4.69) is 41.2 Å². The predicted octanol–water partition coefficient (Wildman–Crippen LogP) is 4.91. The highest BCUT2D eigenvalue weighted by molar-refractivity contribution is 9.10. The Hall–Kier alpha value is -0.280. The van der Waals surface area contributed by atoms with Crippen LogP contribution in [0.4, 0.5) is 0 Å². The Bertz CT molecular complexity index is 355. The molecule has 0 radical (unpaired) electrons. The lowest BCUT2D eigenvalue weighted by atomic mass is 9.76. The lowest BCUT2D eigenvalue weighted by molar-refractivity contribution is 0.219. The van der Waals surface area contributed by atoms with Gasteiger partial charge in [-0.25, -0.2) is 0 Å². The molecule has 1 aliphatic carbocycles. The molecule has 3 heteroatoms. The van der Waals surface area contributed by atoms with E-state index in [1.54, 1.807) is 6.26 Å². The second kappa shape index (κ2) is 6.76. The number of furan rings is 1. The van der Waals surface area contributed by atoms with Gasteiger partial charge in [0, 0.05) is 11.6 Å². The van der Waals surface area contributed by atoms with E-state index in [0.717, 1.165) is 23.1 Å². The number of hydrogen-bond donors (Lipinski definition) is 1. The van der Waals surface area contributed by atoms with Crippen molar-refractivity contribution in [2.45, 2.75) is 52.0 Å². The summed E-state index contributed by atoms with van der Waals surface area (Å²) >= 11 is 3.52. The molecule has 0 amide bonds. The van der Waals surface area contributed by atoms with Crippen molar-refractivity contribution >= 4 is 15.9 Å². The summed E-state index contributed by atoms with van der Waals surface area (Å²) < 4.78 is 6.30. The molecule has 1 atom stereocenters. The lowest BCUT2D eigenvalue weighted by Gasteiger charge is -2.33. The van der Waals surface area contributed by atoms with E-state index in [9.17, 15) is 0 Å². The smallest absolute Gasteiger partial charge is 0.173 e. The summed E-state index contributed by atoms with van der Waals surface area (Å²) in [5.41, 5.74) is 1.29. The quantitative estimate of drug-likeness (QED) is 0.835. The Labute approximate surface area is 119 Å². The van der Waals surface area contributed by atoms with Gasteiger partial charge in [0.1, 0.15) is 0 Å². The predicted molar refractivity (Wildman–Crippen MR) is 78.6 cm³/mol. The van der Waals surface area contributed by atoms with Gasteiger partial charge in [0.05, 0.1) is 6.26 Å². The first-order valence-corrected chi connectivity index (χ1v) is 8.01. The Kier molecular flexibility index (Phi) is 5.31. The largest absolute Gasteiger partial charge is 0.457 e. The molecule has 1 unspecified atom stereocenters. The van der Waals surface area contributed by atoms with Crippen LogP contribution < -0.4 is 5.32 Å². The van der Waals surface area contributed by atoms with Gasteiger partial charge in [0.25, 0.3) is 0 Å². The van der Waals surface area contributed by atoms with Gasteiger partial charge in [-0.15, -0.1) is 0 Å². The minimum atomic E-state index is 0.445. The Morgan fingerprint density at radius 1 is 1.33 bits per heavy atom. The van der Waals surface area contributed by atoms with Crippen LogP contribution in [0.25, 0.3) is 0 Å². The summed E-state index contributed by atoms with van der Waals surface area (Å²) in [6.07, 6.45) is 8.58. The molecule has 1 N–H and O–H groups in total. The van der Waals surface area contributed by atoms with Crippen LogP contribution in [-0.4, -0.2) is 6.54 Å². The third kappa shape index (κ3) is 3.18. The molecular weight excluding hydrogens is 290 g/mol. The van der Waals surface area contributed by atoms with Crippen molar-refractivity contribution in [3.63, 3.8) is 0 Å². The zero-order valence-electron chi connectivity index (χ0n) is 11.4. The molecule has 1 aliphatic rings. The monoisotopic (exact) mass is 313 g/mol. The fraction of sp³-hybridized carbons (Fsp3) is 0.733. The fourth-order valence-corrected chi connectivity index (χ4v) is 3.69. The van der Waals surface area contributed by atoms with Gasteiger partial charge >= 0.3 is 0 Å². The molecule has 0 spiro atoms. The molecule has 0 bridgehead atoms. The van der Waals surface area contributed by atoms with Crippen LogP contribution in [0.2, 0.25) is 0 Å². The molecule has 1 aromatic heterocycles. The van der Waals surface area contributed by atoms with Crippen molar-refractivity contribution in [1.82, 2.24) is 5.32 Å². The molecule has 1 saturated carbocycles. The van der Waals surface area contributed by atoms with E-state index < -0.39 is 0 Å². The van der Waals surface area contributed by atoms with Crippen molar-refractivity contribution in [3.05, 3.63) is 22.6 Å². The van der Waals surface area contributed by atoms with Gasteiger partial charge in [0.2, 0.25) is 0 Å². The third-order valence-corrected chi connectivity index (χ3v) is 4.99. The first-order chi connectivity index (χ1) is 8.76. The van der Waals surface area contributed by atoms with Gasteiger partial charge in [0.15, 0.2) is 4.67 Å². The van der Waals surface area contributed by atoms with Crippen LogP contribution in [0.15, 0.2) is 21.4 Å². The molecule has 2 nitrogen and oxygen atoms in total. The summed E-state index contributed by atoms with van der Waals surface area (Å²) in [6.45, 7) is 5.51. The van der Waals surface area contributed by atoms with Crippen molar-refractivity contribution < 1.29 is 4.42 Å². The molecule has 1 heterocycles. The zero-order chi connectivity index (χ0) is 13.0. The van der Waals surface area contributed by atoms with Crippen LogP contribution >= 0.6 is 15.9 Å². The Balaban J connectivity index is 2.05. The summed E-state index contributed by atoms with van der Waals surface area (Å²) in [5, 5.41) is 3.64. The second-order valence-electron chi connectivity index (χ2n) is 5.37. The normalized spacial score (nSPS) is 26.2. The molecule has 18 heavy (non-hydrogen) atoms.